The third-order valence-corrected chi connectivity index (χ3v) is 2.62. The predicted octanol–water partition coefficient (Wildman–Crippen LogP) is 2.69. The summed E-state index contributed by atoms with van der Waals surface area (Å²) in [5, 5.41) is 0. The maximum atomic E-state index is 5.99. The first-order chi connectivity index (χ1) is 6.02. The number of hydrogen-bond acceptors (Lipinski definition) is 2. The Bertz CT molecular complexity index is 297. The van der Waals surface area contributed by atoms with Crippen molar-refractivity contribution in [3.05, 3.63) is 28.2 Å². The lowest BCUT2D eigenvalue weighted by Gasteiger charge is -2.18. The molecule has 1 rings (SSSR count). The maximum Gasteiger partial charge on any atom is 0.0373 e. The van der Waals surface area contributed by atoms with Crippen LogP contribution in [0.4, 0.5) is 5.69 Å². The van der Waals surface area contributed by atoms with Crippen LogP contribution in [0.1, 0.15) is 25.5 Å². The van der Waals surface area contributed by atoms with E-state index in [2.05, 4.69) is 29.8 Å². The summed E-state index contributed by atoms with van der Waals surface area (Å²) in [5.74, 6) is 0.406. The molecule has 0 aliphatic rings. The van der Waals surface area contributed by atoms with Crippen molar-refractivity contribution in [2.75, 3.05) is 5.73 Å². The van der Waals surface area contributed by atoms with E-state index < -0.39 is 0 Å². The largest absolute Gasteiger partial charge is 0.398 e. The van der Waals surface area contributed by atoms with E-state index in [-0.39, 0.29) is 6.04 Å². The Labute approximate surface area is 87.4 Å². The fourth-order valence-corrected chi connectivity index (χ4v) is 1.59. The number of halogens is 1. The highest BCUT2D eigenvalue weighted by Gasteiger charge is 2.12. The van der Waals surface area contributed by atoms with E-state index in [9.17, 15) is 0 Å². The Morgan fingerprint density at radius 2 is 1.92 bits per heavy atom. The second-order valence-electron chi connectivity index (χ2n) is 3.54. The molecule has 0 aliphatic carbocycles. The molecule has 0 saturated carbocycles. The third-order valence-electron chi connectivity index (χ3n) is 2.13. The molecule has 1 aromatic carbocycles. The molecule has 3 heteroatoms. The minimum absolute atomic E-state index is 0.0214. The van der Waals surface area contributed by atoms with Crippen LogP contribution in [0, 0.1) is 5.92 Å². The van der Waals surface area contributed by atoms with Crippen LogP contribution in [0.5, 0.6) is 0 Å². The summed E-state index contributed by atoms with van der Waals surface area (Å²) in [6.07, 6.45) is 0. The molecule has 13 heavy (non-hydrogen) atoms. The van der Waals surface area contributed by atoms with E-state index in [1.165, 1.54) is 0 Å². The second kappa shape index (κ2) is 4.11. The van der Waals surface area contributed by atoms with E-state index in [1.54, 1.807) is 0 Å². The molecule has 0 radical (unpaired) electrons. The molecule has 0 bridgehead atoms. The molecule has 4 N–H and O–H groups in total. The number of benzene rings is 1. The van der Waals surface area contributed by atoms with Crippen LogP contribution in [0.2, 0.25) is 0 Å². The van der Waals surface area contributed by atoms with Crippen molar-refractivity contribution < 1.29 is 0 Å². The first kappa shape index (κ1) is 10.5. The van der Waals surface area contributed by atoms with Gasteiger partial charge in [0.15, 0.2) is 0 Å². The van der Waals surface area contributed by atoms with Crippen LogP contribution >= 0.6 is 15.9 Å². The molecule has 0 spiro atoms. The van der Waals surface area contributed by atoms with E-state index in [0.29, 0.717) is 5.92 Å². The van der Waals surface area contributed by atoms with Crippen molar-refractivity contribution in [3.8, 4) is 0 Å². The van der Waals surface area contributed by atoms with Crippen molar-refractivity contribution in [1.29, 1.82) is 0 Å². The Balaban J connectivity index is 3.01. The van der Waals surface area contributed by atoms with Gasteiger partial charge in [-0.3, -0.25) is 0 Å². The number of nitrogen functional groups attached to an aromatic ring is 1. The fourth-order valence-electron chi connectivity index (χ4n) is 1.21. The van der Waals surface area contributed by atoms with Crippen molar-refractivity contribution in [1.82, 2.24) is 0 Å². The molecule has 0 saturated heterocycles. The summed E-state index contributed by atoms with van der Waals surface area (Å²) in [4.78, 5) is 0. The first-order valence-electron chi connectivity index (χ1n) is 4.33. The molecule has 72 valence electrons. The van der Waals surface area contributed by atoms with Crippen LogP contribution in [0.3, 0.4) is 0 Å². The Morgan fingerprint density at radius 3 is 2.38 bits per heavy atom. The van der Waals surface area contributed by atoms with Gasteiger partial charge in [-0.15, -0.1) is 0 Å². The maximum absolute atomic E-state index is 5.99. The van der Waals surface area contributed by atoms with E-state index >= 15 is 0 Å². The SMILES string of the molecule is CC(C)[C@H](N)c1ccc(Br)cc1N. The highest BCUT2D eigenvalue weighted by atomic mass is 79.9. The molecule has 0 aliphatic heterocycles. The number of anilines is 1. The van der Waals surface area contributed by atoms with Crippen molar-refractivity contribution in [2.45, 2.75) is 19.9 Å². The average Bonchev–Trinajstić information content (AvgIpc) is 2.03. The third kappa shape index (κ3) is 2.45. The summed E-state index contributed by atoms with van der Waals surface area (Å²) < 4.78 is 0.990. The Hall–Kier alpha value is -0.540. The van der Waals surface area contributed by atoms with Gasteiger partial charge in [0.25, 0.3) is 0 Å². The lowest BCUT2D eigenvalue weighted by molar-refractivity contribution is 0.515. The average molecular weight is 243 g/mol. The minimum Gasteiger partial charge on any atom is -0.398 e. The van der Waals surface area contributed by atoms with Gasteiger partial charge < -0.3 is 11.5 Å². The highest BCUT2D eigenvalue weighted by molar-refractivity contribution is 9.10. The molecule has 1 atom stereocenters. The van der Waals surface area contributed by atoms with Gasteiger partial charge in [0, 0.05) is 16.2 Å². The molecule has 1 aromatic rings. The van der Waals surface area contributed by atoms with Crippen molar-refractivity contribution in [3.63, 3.8) is 0 Å². The summed E-state index contributed by atoms with van der Waals surface area (Å²) in [7, 11) is 0. The molecule has 2 nitrogen and oxygen atoms in total. The monoisotopic (exact) mass is 242 g/mol. The molecule has 0 amide bonds. The highest BCUT2D eigenvalue weighted by Crippen LogP contribution is 2.26. The van der Waals surface area contributed by atoms with Gasteiger partial charge in [0.1, 0.15) is 0 Å². The summed E-state index contributed by atoms with van der Waals surface area (Å²) in [5.41, 5.74) is 13.6. The Morgan fingerprint density at radius 1 is 1.31 bits per heavy atom. The summed E-state index contributed by atoms with van der Waals surface area (Å²) in [6.45, 7) is 4.18. The van der Waals surface area contributed by atoms with Crippen LogP contribution in [0.25, 0.3) is 0 Å². The fraction of sp³-hybridized carbons (Fsp3) is 0.400. The standard InChI is InChI=1S/C10H15BrN2/c1-6(2)10(13)8-4-3-7(11)5-9(8)12/h3-6,10H,12-13H2,1-2H3/t10-/m0/s1. The normalized spacial score (nSPS) is 13.3. The zero-order valence-electron chi connectivity index (χ0n) is 7.92. The summed E-state index contributed by atoms with van der Waals surface area (Å²) >= 11 is 3.36. The van der Waals surface area contributed by atoms with Gasteiger partial charge >= 0.3 is 0 Å². The number of hydrogen-bond donors (Lipinski definition) is 2. The topological polar surface area (TPSA) is 52.0 Å². The van der Waals surface area contributed by atoms with Gasteiger partial charge in [-0.25, -0.2) is 0 Å². The van der Waals surface area contributed by atoms with Crippen LogP contribution < -0.4 is 11.5 Å². The van der Waals surface area contributed by atoms with E-state index in [4.69, 9.17) is 11.5 Å². The lowest BCUT2D eigenvalue weighted by Crippen LogP contribution is -2.18. The molecular formula is C10H15BrN2. The van der Waals surface area contributed by atoms with Crippen molar-refractivity contribution in [2.24, 2.45) is 11.7 Å². The van der Waals surface area contributed by atoms with E-state index in [0.717, 1.165) is 15.7 Å². The molecule has 0 aromatic heterocycles. The van der Waals surface area contributed by atoms with Crippen LogP contribution in [0.15, 0.2) is 22.7 Å². The smallest absolute Gasteiger partial charge is 0.0373 e. The molecule has 0 heterocycles. The number of nitrogens with two attached hydrogens (primary N) is 2. The van der Waals surface area contributed by atoms with Gasteiger partial charge in [-0.05, 0) is 23.6 Å². The molecular weight excluding hydrogens is 228 g/mol. The zero-order chi connectivity index (χ0) is 10.0. The molecule has 0 unspecified atom stereocenters. The van der Waals surface area contributed by atoms with Crippen molar-refractivity contribution >= 4 is 21.6 Å². The summed E-state index contributed by atoms with van der Waals surface area (Å²) in [6, 6.07) is 5.85. The van der Waals surface area contributed by atoms with E-state index in [1.807, 2.05) is 18.2 Å². The quantitative estimate of drug-likeness (QED) is 0.784. The van der Waals surface area contributed by atoms with Gasteiger partial charge in [-0.1, -0.05) is 35.8 Å². The second-order valence-corrected chi connectivity index (χ2v) is 4.46. The molecule has 0 fully saturated rings. The zero-order valence-corrected chi connectivity index (χ0v) is 9.51. The van der Waals surface area contributed by atoms with Crippen LogP contribution in [-0.2, 0) is 0 Å². The van der Waals surface area contributed by atoms with Crippen LogP contribution in [-0.4, -0.2) is 0 Å². The van der Waals surface area contributed by atoms with Gasteiger partial charge in [0.05, 0.1) is 0 Å². The lowest BCUT2D eigenvalue weighted by atomic mass is 9.96. The minimum atomic E-state index is 0.0214. The van der Waals surface area contributed by atoms with Gasteiger partial charge in [-0.2, -0.15) is 0 Å². The predicted molar refractivity (Wildman–Crippen MR) is 60.3 cm³/mol. The van der Waals surface area contributed by atoms with Gasteiger partial charge in [0.2, 0.25) is 0 Å². The Kier molecular flexibility index (Phi) is 3.33. The number of rotatable bonds is 2. The first-order valence-corrected chi connectivity index (χ1v) is 5.12.